The number of hydrogen-bond acceptors (Lipinski definition) is 8. The summed E-state index contributed by atoms with van der Waals surface area (Å²) in [5, 5.41) is 16.8. The molecule has 0 radical (unpaired) electrons. The first kappa shape index (κ1) is 17.4. The van der Waals surface area contributed by atoms with Gasteiger partial charge in [-0.3, -0.25) is 5.10 Å². The molecule has 0 bridgehead atoms. The normalized spacial score (nSPS) is 10.5. The number of benzene rings is 1. The quantitative estimate of drug-likeness (QED) is 0.660. The molecule has 3 rings (SSSR count). The molecular formula is C17H14N4O4S. The second-order valence-electron chi connectivity index (χ2n) is 5.18. The molecule has 0 saturated carbocycles. The van der Waals surface area contributed by atoms with Gasteiger partial charge in [0.15, 0.2) is 5.69 Å². The molecule has 2 aromatic heterocycles. The molecule has 0 aliphatic rings. The van der Waals surface area contributed by atoms with Gasteiger partial charge in [0.1, 0.15) is 22.6 Å². The number of rotatable bonds is 5. The Morgan fingerprint density at radius 2 is 2.08 bits per heavy atom. The molecule has 3 aromatic rings. The maximum atomic E-state index is 12.4. The fourth-order valence-corrected chi connectivity index (χ4v) is 3.35. The first-order valence-electron chi connectivity index (χ1n) is 7.65. The Hall–Kier alpha value is -3.38. The van der Waals surface area contributed by atoms with Crippen molar-refractivity contribution in [2.45, 2.75) is 13.5 Å². The van der Waals surface area contributed by atoms with Crippen LogP contribution in [0, 0.1) is 11.3 Å². The molecule has 2 heterocycles. The van der Waals surface area contributed by atoms with Crippen molar-refractivity contribution >= 4 is 39.2 Å². The smallest absolute Gasteiger partial charge is 0.359 e. The van der Waals surface area contributed by atoms with Crippen molar-refractivity contribution in [3.05, 3.63) is 46.0 Å². The van der Waals surface area contributed by atoms with Crippen LogP contribution in [0.1, 0.15) is 38.2 Å². The molecule has 9 heteroatoms. The average molecular weight is 370 g/mol. The van der Waals surface area contributed by atoms with Gasteiger partial charge in [0.05, 0.1) is 17.7 Å². The van der Waals surface area contributed by atoms with Crippen LogP contribution in [-0.2, 0) is 16.1 Å². The van der Waals surface area contributed by atoms with Gasteiger partial charge in [-0.2, -0.15) is 10.4 Å². The summed E-state index contributed by atoms with van der Waals surface area (Å²) in [4.78, 5) is 24.6. The zero-order valence-corrected chi connectivity index (χ0v) is 14.6. The second-order valence-corrected chi connectivity index (χ2v) is 6.23. The molecule has 0 aliphatic carbocycles. The highest BCUT2D eigenvalue weighted by Gasteiger charge is 2.25. The summed E-state index contributed by atoms with van der Waals surface area (Å²) < 4.78 is 10.2. The number of nitrogens with two attached hydrogens (primary N) is 1. The van der Waals surface area contributed by atoms with E-state index in [1.807, 2.05) is 12.1 Å². The number of nitriles is 1. The van der Waals surface area contributed by atoms with E-state index in [-0.39, 0.29) is 39.9 Å². The number of ether oxygens (including phenoxy) is 2. The SMILES string of the molecule is CCOC(=O)c1sc(N)c(C#N)c1COC(=O)c1n[nH]c2ccccc12. The number of aromatic amines is 1. The van der Waals surface area contributed by atoms with Crippen molar-refractivity contribution in [2.75, 3.05) is 12.3 Å². The molecule has 0 fully saturated rings. The van der Waals surface area contributed by atoms with Crippen LogP contribution < -0.4 is 5.73 Å². The number of carbonyl (C=O) groups is 2. The van der Waals surface area contributed by atoms with Crippen LogP contribution in [0.3, 0.4) is 0 Å². The van der Waals surface area contributed by atoms with Crippen molar-refractivity contribution in [1.82, 2.24) is 10.2 Å². The van der Waals surface area contributed by atoms with Gasteiger partial charge < -0.3 is 15.2 Å². The number of nitrogens with one attached hydrogen (secondary N) is 1. The van der Waals surface area contributed by atoms with Gasteiger partial charge in [0, 0.05) is 10.9 Å². The van der Waals surface area contributed by atoms with E-state index in [4.69, 9.17) is 15.2 Å². The molecule has 0 unspecified atom stereocenters. The summed E-state index contributed by atoms with van der Waals surface area (Å²) in [6.45, 7) is 1.56. The van der Waals surface area contributed by atoms with Gasteiger partial charge in [0.2, 0.25) is 0 Å². The highest BCUT2D eigenvalue weighted by atomic mass is 32.1. The van der Waals surface area contributed by atoms with Crippen LogP contribution in [0.5, 0.6) is 0 Å². The lowest BCUT2D eigenvalue weighted by Gasteiger charge is -2.06. The van der Waals surface area contributed by atoms with Crippen molar-refractivity contribution in [3.8, 4) is 6.07 Å². The molecule has 3 N–H and O–H groups in total. The summed E-state index contributed by atoms with van der Waals surface area (Å²) in [5.74, 6) is -1.28. The molecule has 0 aliphatic heterocycles. The summed E-state index contributed by atoms with van der Waals surface area (Å²) in [5.41, 5.74) is 6.96. The van der Waals surface area contributed by atoms with Crippen LogP contribution in [0.15, 0.2) is 24.3 Å². The molecule has 0 amide bonds. The number of nitrogen functional groups attached to an aromatic ring is 1. The third-order valence-electron chi connectivity index (χ3n) is 3.62. The molecule has 132 valence electrons. The van der Waals surface area contributed by atoms with Crippen LogP contribution in [0.4, 0.5) is 5.00 Å². The highest BCUT2D eigenvalue weighted by molar-refractivity contribution is 7.18. The maximum absolute atomic E-state index is 12.4. The molecule has 8 nitrogen and oxygen atoms in total. The zero-order chi connectivity index (χ0) is 18.7. The predicted octanol–water partition coefficient (Wildman–Crippen LogP) is 2.61. The highest BCUT2D eigenvalue weighted by Crippen LogP contribution is 2.32. The number of fused-ring (bicyclic) bond motifs is 1. The first-order valence-corrected chi connectivity index (χ1v) is 8.47. The van der Waals surface area contributed by atoms with E-state index in [0.717, 1.165) is 11.3 Å². The van der Waals surface area contributed by atoms with Gasteiger partial charge in [-0.1, -0.05) is 18.2 Å². The maximum Gasteiger partial charge on any atom is 0.359 e. The number of anilines is 1. The van der Waals surface area contributed by atoms with Crippen LogP contribution in [-0.4, -0.2) is 28.7 Å². The molecule has 0 saturated heterocycles. The Morgan fingerprint density at radius 1 is 1.31 bits per heavy atom. The topological polar surface area (TPSA) is 131 Å². The second kappa shape index (κ2) is 7.25. The van der Waals surface area contributed by atoms with Gasteiger partial charge in [0.25, 0.3) is 0 Å². The standard InChI is InChI=1S/C17H14N4O4S/c1-2-24-17(23)14-11(10(7-18)15(19)26-14)8-25-16(22)13-9-5-3-4-6-12(9)20-21-13/h3-6H,2,8,19H2,1H3,(H,20,21). The van der Waals surface area contributed by atoms with Crippen LogP contribution in [0.25, 0.3) is 10.9 Å². The van der Waals surface area contributed by atoms with Crippen molar-refractivity contribution in [3.63, 3.8) is 0 Å². The number of hydrogen-bond donors (Lipinski definition) is 2. The van der Waals surface area contributed by atoms with Crippen molar-refractivity contribution in [2.24, 2.45) is 0 Å². The minimum Gasteiger partial charge on any atom is -0.462 e. The number of carbonyl (C=O) groups excluding carboxylic acids is 2. The minimum absolute atomic E-state index is 0.109. The Bertz CT molecular complexity index is 1030. The summed E-state index contributed by atoms with van der Waals surface area (Å²) in [6, 6.07) is 9.05. The van der Waals surface area contributed by atoms with E-state index in [2.05, 4.69) is 10.2 Å². The lowest BCUT2D eigenvalue weighted by Crippen LogP contribution is -2.10. The molecular weight excluding hydrogens is 356 g/mol. The Balaban J connectivity index is 1.86. The van der Waals surface area contributed by atoms with E-state index in [9.17, 15) is 14.9 Å². The molecule has 0 spiro atoms. The number of aromatic nitrogens is 2. The fraction of sp³-hybridized carbons (Fsp3) is 0.176. The van der Waals surface area contributed by atoms with Gasteiger partial charge in [-0.15, -0.1) is 11.3 Å². The van der Waals surface area contributed by atoms with E-state index in [1.165, 1.54) is 0 Å². The van der Waals surface area contributed by atoms with E-state index >= 15 is 0 Å². The number of H-pyrrole nitrogens is 1. The Kier molecular flexibility index (Phi) is 4.86. The molecule has 0 atom stereocenters. The minimum atomic E-state index is -0.675. The van der Waals surface area contributed by atoms with Gasteiger partial charge >= 0.3 is 11.9 Å². The summed E-state index contributed by atoms with van der Waals surface area (Å²) >= 11 is 0.933. The number of esters is 2. The first-order chi connectivity index (χ1) is 12.6. The van der Waals surface area contributed by atoms with E-state index in [0.29, 0.717) is 10.9 Å². The lowest BCUT2D eigenvalue weighted by atomic mass is 10.1. The lowest BCUT2D eigenvalue weighted by molar-refractivity contribution is 0.0449. The van der Waals surface area contributed by atoms with Gasteiger partial charge in [-0.25, -0.2) is 9.59 Å². The fourth-order valence-electron chi connectivity index (χ4n) is 2.43. The summed E-state index contributed by atoms with van der Waals surface area (Å²) in [7, 11) is 0. The van der Waals surface area contributed by atoms with Crippen LogP contribution >= 0.6 is 11.3 Å². The van der Waals surface area contributed by atoms with Gasteiger partial charge in [-0.05, 0) is 13.0 Å². The number of thiophene rings is 1. The van der Waals surface area contributed by atoms with Crippen molar-refractivity contribution < 1.29 is 19.1 Å². The predicted molar refractivity (Wildman–Crippen MR) is 94.6 cm³/mol. The molecule has 1 aromatic carbocycles. The monoisotopic (exact) mass is 370 g/mol. The largest absolute Gasteiger partial charge is 0.462 e. The third-order valence-corrected chi connectivity index (χ3v) is 4.66. The van der Waals surface area contributed by atoms with Crippen LogP contribution in [0.2, 0.25) is 0 Å². The van der Waals surface area contributed by atoms with Crippen molar-refractivity contribution in [1.29, 1.82) is 5.26 Å². The Morgan fingerprint density at radius 3 is 2.81 bits per heavy atom. The van der Waals surface area contributed by atoms with E-state index in [1.54, 1.807) is 25.1 Å². The summed E-state index contributed by atoms with van der Waals surface area (Å²) in [6.07, 6.45) is 0. The molecule has 26 heavy (non-hydrogen) atoms. The third kappa shape index (κ3) is 3.10. The zero-order valence-electron chi connectivity index (χ0n) is 13.7. The average Bonchev–Trinajstić information content (AvgIpc) is 3.20. The van der Waals surface area contributed by atoms with E-state index < -0.39 is 11.9 Å². The number of nitrogens with zero attached hydrogens (tertiary/aromatic N) is 2. The number of para-hydroxylation sites is 1. The Labute approximate surface area is 152 Å².